The van der Waals surface area contributed by atoms with Gasteiger partial charge in [-0.15, -0.1) is 0 Å². The first kappa shape index (κ1) is 13.0. The smallest absolute Gasteiger partial charge is 0.410 e. The van der Waals surface area contributed by atoms with Crippen molar-refractivity contribution < 1.29 is 9.53 Å². The second-order valence-corrected chi connectivity index (χ2v) is 3.75. The summed E-state index contributed by atoms with van der Waals surface area (Å²) in [6.45, 7) is 0. The van der Waals surface area contributed by atoms with Crippen molar-refractivity contribution in [3.8, 4) is 6.07 Å². The van der Waals surface area contributed by atoms with Crippen LogP contribution >= 0.6 is 0 Å². The lowest BCUT2D eigenvalue weighted by Crippen LogP contribution is -2.36. The first-order chi connectivity index (χ1) is 8.19. The molecule has 4 nitrogen and oxygen atoms in total. The van der Waals surface area contributed by atoms with Crippen molar-refractivity contribution >= 4 is 6.09 Å². The standard InChI is InChI=1S/C13H16N2O2/c1-15(13(16)17-2)12(10-14)9-8-11-6-4-3-5-7-11/h3-7,12H,8-9H2,1-2H3/t12-/m0/s1. The minimum Gasteiger partial charge on any atom is -0.453 e. The van der Waals surface area contributed by atoms with E-state index >= 15 is 0 Å². The maximum atomic E-state index is 11.3. The Morgan fingerprint density at radius 1 is 1.47 bits per heavy atom. The zero-order valence-corrected chi connectivity index (χ0v) is 10.1. The summed E-state index contributed by atoms with van der Waals surface area (Å²) < 4.78 is 4.58. The summed E-state index contributed by atoms with van der Waals surface area (Å²) in [4.78, 5) is 12.6. The summed E-state index contributed by atoms with van der Waals surface area (Å²) in [6.07, 6.45) is 0.886. The minimum atomic E-state index is -0.482. The molecule has 0 N–H and O–H groups in total. The molecule has 0 unspecified atom stereocenters. The van der Waals surface area contributed by atoms with Crippen LogP contribution in [0.5, 0.6) is 0 Å². The highest BCUT2D eigenvalue weighted by molar-refractivity contribution is 5.67. The van der Waals surface area contributed by atoms with Gasteiger partial charge >= 0.3 is 6.09 Å². The van der Waals surface area contributed by atoms with E-state index < -0.39 is 12.1 Å². The van der Waals surface area contributed by atoms with Crippen LogP contribution in [0.4, 0.5) is 4.79 Å². The highest BCUT2D eigenvalue weighted by Gasteiger charge is 2.19. The van der Waals surface area contributed by atoms with Gasteiger partial charge in [0.05, 0.1) is 13.2 Å². The number of amides is 1. The third-order valence-electron chi connectivity index (χ3n) is 2.63. The number of aryl methyl sites for hydroxylation is 1. The van der Waals surface area contributed by atoms with Crippen molar-refractivity contribution in [2.45, 2.75) is 18.9 Å². The zero-order valence-electron chi connectivity index (χ0n) is 10.1. The molecule has 0 heterocycles. The Hall–Kier alpha value is -2.02. The molecule has 1 aromatic carbocycles. The van der Waals surface area contributed by atoms with Crippen LogP contribution in [-0.2, 0) is 11.2 Å². The third-order valence-corrected chi connectivity index (χ3v) is 2.63. The molecule has 1 aromatic rings. The number of hydrogen-bond acceptors (Lipinski definition) is 3. The Labute approximate surface area is 101 Å². The normalized spacial score (nSPS) is 11.4. The maximum Gasteiger partial charge on any atom is 0.410 e. The fraction of sp³-hybridized carbons (Fsp3) is 0.385. The van der Waals surface area contributed by atoms with Crippen molar-refractivity contribution in [1.29, 1.82) is 5.26 Å². The number of hydrogen-bond donors (Lipinski definition) is 0. The predicted octanol–water partition coefficient (Wildman–Crippen LogP) is 2.21. The van der Waals surface area contributed by atoms with Crippen LogP contribution in [0.25, 0.3) is 0 Å². The highest BCUT2D eigenvalue weighted by Crippen LogP contribution is 2.09. The van der Waals surface area contributed by atoms with Gasteiger partial charge in [-0.2, -0.15) is 5.26 Å². The average Bonchev–Trinajstić information content (AvgIpc) is 2.39. The Balaban J connectivity index is 2.54. The van der Waals surface area contributed by atoms with E-state index in [4.69, 9.17) is 5.26 Å². The van der Waals surface area contributed by atoms with Gasteiger partial charge in [-0.05, 0) is 18.4 Å². The molecule has 1 atom stereocenters. The summed E-state index contributed by atoms with van der Waals surface area (Å²) in [5.41, 5.74) is 1.16. The molecule has 90 valence electrons. The monoisotopic (exact) mass is 232 g/mol. The fourth-order valence-electron chi connectivity index (χ4n) is 1.56. The maximum absolute atomic E-state index is 11.3. The molecule has 17 heavy (non-hydrogen) atoms. The fourth-order valence-corrected chi connectivity index (χ4v) is 1.56. The van der Waals surface area contributed by atoms with Crippen LogP contribution in [0.1, 0.15) is 12.0 Å². The van der Waals surface area contributed by atoms with Gasteiger partial charge in [0.2, 0.25) is 0 Å². The van der Waals surface area contributed by atoms with Crippen molar-refractivity contribution in [1.82, 2.24) is 4.90 Å². The lowest BCUT2D eigenvalue weighted by Gasteiger charge is -2.21. The van der Waals surface area contributed by atoms with E-state index in [-0.39, 0.29) is 0 Å². The molecular formula is C13H16N2O2. The molecule has 0 aliphatic heterocycles. The van der Waals surface area contributed by atoms with Crippen LogP contribution in [-0.4, -0.2) is 31.2 Å². The second-order valence-electron chi connectivity index (χ2n) is 3.75. The van der Waals surface area contributed by atoms with E-state index in [0.29, 0.717) is 6.42 Å². The molecule has 0 fully saturated rings. The topological polar surface area (TPSA) is 53.3 Å². The lowest BCUT2D eigenvalue weighted by atomic mass is 10.1. The number of ether oxygens (including phenoxy) is 1. The number of nitrogens with zero attached hydrogens (tertiary/aromatic N) is 2. The second kappa shape index (κ2) is 6.54. The number of benzene rings is 1. The van der Waals surface area contributed by atoms with Gasteiger partial charge in [-0.1, -0.05) is 30.3 Å². The van der Waals surface area contributed by atoms with Crippen molar-refractivity contribution in [2.75, 3.05) is 14.2 Å². The Kier molecular flexibility index (Phi) is 5.02. The van der Waals surface area contributed by atoms with Gasteiger partial charge in [0, 0.05) is 7.05 Å². The van der Waals surface area contributed by atoms with Gasteiger partial charge in [0.1, 0.15) is 6.04 Å². The molecule has 0 saturated carbocycles. The van der Waals surface area contributed by atoms with Crippen LogP contribution < -0.4 is 0 Å². The van der Waals surface area contributed by atoms with Gasteiger partial charge in [0.15, 0.2) is 0 Å². The van der Waals surface area contributed by atoms with E-state index in [9.17, 15) is 4.79 Å². The first-order valence-corrected chi connectivity index (χ1v) is 5.43. The minimum absolute atomic E-state index is 0.456. The van der Waals surface area contributed by atoms with Gasteiger partial charge in [0.25, 0.3) is 0 Å². The largest absolute Gasteiger partial charge is 0.453 e. The molecule has 1 rings (SSSR count). The number of methoxy groups -OCH3 is 1. The molecule has 0 aliphatic rings. The molecule has 0 aromatic heterocycles. The van der Waals surface area contributed by atoms with Gasteiger partial charge < -0.3 is 4.74 Å². The molecule has 0 saturated heterocycles. The van der Waals surface area contributed by atoms with Crippen LogP contribution in [0.15, 0.2) is 30.3 Å². The van der Waals surface area contributed by atoms with Crippen molar-refractivity contribution in [3.05, 3.63) is 35.9 Å². The highest BCUT2D eigenvalue weighted by atomic mass is 16.5. The average molecular weight is 232 g/mol. The van der Waals surface area contributed by atoms with E-state index in [0.717, 1.165) is 12.0 Å². The Bertz CT molecular complexity index is 398. The number of carbonyl (C=O) groups excluding carboxylic acids is 1. The molecule has 1 amide bonds. The summed E-state index contributed by atoms with van der Waals surface area (Å²) >= 11 is 0. The van der Waals surface area contributed by atoms with Gasteiger partial charge in [-0.3, -0.25) is 4.90 Å². The number of rotatable bonds is 4. The molecule has 0 bridgehead atoms. The van der Waals surface area contributed by atoms with E-state index in [1.54, 1.807) is 7.05 Å². The molecule has 0 aliphatic carbocycles. The summed E-state index contributed by atoms with van der Waals surface area (Å²) in [5.74, 6) is 0. The zero-order chi connectivity index (χ0) is 12.7. The lowest BCUT2D eigenvalue weighted by molar-refractivity contribution is 0.124. The van der Waals surface area contributed by atoms with Crippen LogP contribution in [0, 0.1) is 11.3 Å². The summed E-state index contributed by atoms with van der Waals surface area (Å²) in [7, 11) is 2.88. The molecule has 4 heteroatoms. The first-order valence-electron chi connectivity index (χ1n) is 5.43. The van der Waals surface area contributed by atoms with E-state index in [1.807, 2.05) is 30.3 Å². The quantitative estimate of drug-likeness (QED) is 0.799. The SMILES string of the molecule is COC(=O)N(C)[C@H](C#N)CCc1ccccc1. The number of nitriles is 1. The molecule has 0 radical (unpaired) electrons. The van der Waals surface area contributed by atoms with Crippen LogP contribution in [0.3, 0.4) is 0 Å². The van der Waals surface area contributed by atoms with Gasteiger partial charge in [-0.25, -0.2) is 4.79 Å². The Morgan fingerprint density at radius 2 is 2.12 bits per heavy atom. The predicted molar refractivity (Wildman–Crippen MR) is 64.3 cm³/mol. The van der Waals surface area contributed by atoms with E-state index in [1.165, 1.54) is 12.0 Å². The van der Waals surface area contributed by atoms with Crippen LogP contribution in [0.2, 0.25) is 0 Å². The summed E-state index contributed by atoms with van der Waals surface area (Å²) in [6, 6.07) is 11.5. The molecular weight excluding hydrogens is 216 g/mol. The summed E-state index contributed by atoms with van der Waals surface area (Å²) in [5, 5.41) is 9.02. The van der Waals surface area contributed by atoms with Crippen molar-refractivity contribution in [3.63, 3.8) is 0 Å². The molecule has 0 spiro atoms. The van der Waals surface area contributed by atoms with E-state index in [2.05, 4.69) is 10.8 Å². The van der Waals surface area contributed by atoms with Crippen molar-refractivity contribution in [2.24, 2.45) is 0 Å². The Morgan fingerprint density at radius 3 is 2.65 bits per heavy atom. The number of carbonyl (C=O) groups is 1. The third kappa shape index (κ3) is 3.80.